The van der Waals surface area contributed by atoms with Gasteiger partial charge in [-0.3, -0.25) is 0 Å². The van der Waals surface area contributed by atoms with Crippen LogP contribution >= 0.6 is 31.9 Å². The molecule has 76 valence electrons. The molecular formula is C10H6Br2N2O. The van der Waals surface area contributed by atoms with Gasteiger partial charge in [0, 0.05) is 6.20 Å². The number of hydrogen-bond acceptors (Lipinski definition) is 3. The molecule has 0 bridgehead atoms. The largest absolute Gasteiger partial charge is 0.437 e. The van der Waals surface area contributed by atoms with Gasteiger partial charge in [-0.1, -0.05) is 12.1 Å². The summed E-state index contributed by atoms with van der Waals surface area (Å²) in [6.45, 7) is 0. The van der Waals surface area contributed by atoms with E-state index in [-0.39, 0.29) is 0 Å². The number of ether oxygens (including phenoxy) is 1. The van der Waals surface area contributed by atoms with Crippen molar-refractivity contribution >= 4 is 31.9 Å². The summed E-state index contributed by atoms with van der Waals surface area (Å²) in [4.78, 5) is 7.87. The highest BCUT2D eigenvalue weighted by Crippen LogP contribution is 2.31. The molecule has 15 heavy (non-hydrogen) atoms. The minimum atomic E-state index is 0.497. The molecule has 0 aliphatic rings. The molecular weight excluding hydrogens is 324 g/mol. The minimum absolute atomic E-state index is 0.497. The number of rotatable bonds is 2. The molecule has 0 saturated carbocycles. The molecule has 0 aliphatic heterocycles. The van der Waals surface area contributed by atoms with Crippen LogP contribution in [0.1, 0.15) is 0 Å². The van der Waals surface area contributed by atoms with Gasteiger partial charge in [0.15, 0.2) is 0 Å². The maximum atomic E-state index is 5.60. The molecule has 0 atom stereocenters. The zero-order valence-electron chi connectivity index (χ0n) is 7.52. The summed E-state index contributed by atoms with van der Waals surface area (Å²) in [5.41, 5.74) is 0. The van der Waals surface area contributed by atoms with Crippen LogP contribution in [0.25, 0.3) is 0 Å². The smallest absolute Gasteiger partial charge is 0.236 e. The molecule has 0 fully saturated rings. The fraction of sp³-hybridized carbons (Fsp3) is 0. The van der Waals surface area contributed by atoms with Crippen molar-refractivity contribution in [2.75, 3.05) is 0 Å². The van der Waals surface area contributed by atoms with Crippen molar-refractivity contribution in [1.29, 1.82) is 0 Å². The summed E-state index contributed by atoms with van der Waals surface area (Å²) >= 11 is 6.71. The van der Waals surface area contributed by atoms with Crippen LogP contribution in [-0.2, 0) is 0 Å². The van der Waals surface area contributed by atoms with Gasteiger partial charge in [-0.05, 0) is 44.0 Å². The molecule has 0 saturated heterocycles. The lowest BCUT2D eigenvalue weighted by atomic mass is 10.3. The van der Waals surface area contributed by atoms with Gasteiger partial charge < -0.3 is 4.74 Å². The van der Waals surface area contributed by atoms with Crippen molar-refractivity contribution < 1.29 is 4.74 Å². The second-order valence-corrected chi connectivity index (χ2v) is 4.42. The molecule has 0 spiro atoms. The summed E-state index contributed by atoms with van der Waals surface area (Å²) in [6, 6.07) is 7.59. The Morgan fingerprint density at radius 3 is 2.60 bits per heavy atom. The van der Waals surface area contributed by atoms with Gasteiger partial charge in [-0.2, -0.15) is 0 Å². The molecule has 1 aromatic heterocycles. The third-order valence-corrected chi connectivity index (χ3v) is 2.88. The molecule has 5 heteroatoms. The Morgan fingerprint density at radius 1 is 1.07 bits per heavy atom. The minimum Gasteiger partial charge on any atom is -0.437 e. The van der Waals surface area contributed by atoms with Gasteiger partial charge in [0.05, 0.1) is 8.95 Å². The molecule has 0 N–H and O–H groups in total. The van der Waals surface area contributed by atoms with Crippen LogP contribution in [0.2, 0.25) is 0 Å². The van der Waals surface area contributed by atoms with E-state index in [1.165, 1.54) is 6.33 Å². The molecule has 1 aromatic carbocycles. The molecule has 0 aliphatic carbocycles. The average Bonchev–Trinajstić information content (AvgIpc) is 2.24. The first kappa shape index (κ1) is 10.6. The maximum Gasteiger partial charge on any atom is 0.236 e. The zero-order chi connectivity index (χ0) is 10.7. The summed E-state index contributed by atoms with van der Waals surface area (Å²) in [5.74, 6) is 1.22. The molecule has 0 amide bonds. The third kappa shape index (κ3) is 2.54. The van der Waals surface area contributed by atoms with E-state index in [4.69, 9.17) is 4.74 Å². The Morgan fingerprint density at radius 2 is 1.87 bits per heavy atom. The molecule has 3 nitrogen and oxygen atoms in total. The number of nitrogens with zero attached hydrogens (tertiary/aromatic N) is 2. The quantitative estimate of drug-likeness (QED) is 0.840. The second kappa shape index (κ2) is 4.72. The van der Waals surface area contributed by atoms with Gasteiger partial charge in [-0.25, -0.2) is 9.97 Å². The van der Waals surface area contributed by atoms with E-state index in [1.54, 1.807) is 6.20 Å². The average molecular weight is 330 g/mol. The highest BCUT2D eigenvalue weighted by Gasteiger charge is 2.05. The van der Waals surface area contributed by atoms with Crippen molar-refractivity contribution in [2.24, 2.45) is 0 Å². The number of hydrogen-bond donors (Lipinski definition) is 0. The van der Waals surface area contributed by atoms with Crippen LogP contribution in [0.4, 0.5) is 0 Å². The highest BCUT2D eigenvalue weighted by molar-refractivity contribution is 9.11. The first-order chi connectivity index (χ1) is 7.27. The van der Waals surface area contributed by atoms with E-state index in [2.05, 4.69) is 41.8 Å². The lowest BCUT2D eigenvalue weighted by molar-refractivity contribution is 0.455. The number of halogens is 2. The molecule has 2 aromatic rings. The van der Waals surface area contributed by atoms with Crippen LogP contribution in [-0.4, -0.2) is 9.97 Å². The number of para-hydroxylation sites is 1. The normalized spacial score (nSPS) is 10.0. The van der Waals surface area contributed by atoms with Crippen LogP contribution in [0.5, 0.6) is 11.6 Å². The van der Waals surface area contributed by atoms with Crippen molar-refractivity contribution in [3.8, 4) is 11.6 Å². The zero-order valence-corrected chi connectivity index (χ0v) is 10.7. The molecule has 1 heterocycles. The summed E-state index contributed by atoms with van der Waals surface area (Å²) in [7, 11) is 0. The van der Waals surface area contributed by atoms with Crippen LogP contribution in [0.15, 0.2) is 45.7 Å². The van der Waals surface area contributed by atoms with Crippen molar-refractivity contribution in [1.82, 2.24) is 9.97 Å². The van der Waals surface area contributed by atoms with Gasteiger partial charge in [0.25, 0.3) is 0 Å². The fourth-order valence-electron chi connectivity index (χ4n) is 1.01. The Bertz CT molecular complexity index is 433. The van der Waals surface area contributed by atoms with Gasteiger partial charge in [0.2, 0.25) is 5.88 Å². The lowest BCUT2D eigenvalue weighted by Crippen LogP contribution is -1.90. The predicted octanol–water partition coefficient (Wildman–Crippen LogP) is 3.79. The van der Waals surface area contributed by atoms with Gasteiger partial charge >= 0.3 is 0 Å². The van der Waals surface area contributed by atoms with Crippen molar-refractivity contribution in [3.05, 3.63) is 45.7 Å². The van der Waals surface area contributed by atoms with E-state index in [0.717, 1.165) is 14.7 Å². The van der Waals surface area contributed by atoms with E-state index >= 15 is 0 Å². The Hall–Kier alpha value is -0.940. The molecule has 2 rings (SSSR count). The Kier molecular flexibility index (Phi) is 3.33. The van der Waals surface area contributed by atoms with Crippen LogP contribution in [0.3, 0.4) is 0 Å². The standard InChI is InChI=1S/C10H6Br2N2O/c11-7-3-1-2-4-9(7)15-10-8(12)5-13-6-14-10/h1-6H. The van der Waals surface area contributed by atoms with Crippen molar-refractivity contribution in [3.63, 3.8) is 0 Å². The summed E-state index contributed by atoms with van der Waals surface area (Å²) < 4.78 is 7.20. The Balaban J connectivity index is 2.30. The van der Waals surface area contributed by atoms with Crippen molar-refractivity contribution in [2.45, 2.75) is 0 Å². The second-order valence-electron chi connectivity index (χ2n) is 2.71. The molecule has 0 radical (unpaired) electrons. The Labute approximate surface area is 104 Å². The van der Waals surface area contributed by atoms with E-state index in [1.807, 2.05) is 24.3 Å². The summed E-state index contributed by atoms with van der Waals surface area (Å²) in [5, 5.41) is 0. The third-order valence-electron chi connectivity index (χ3n) is 1.68. The first-order valence-electron chi connectivity index (χ1n) is 4.15. The van der Waals surface area contributed by atoms with Gasteiger partial charge in [-0.15, -0.1) is 0 Å². The first-order valence-corrected chi connectivity index (χ1v) is 5.74. The number of benzene rings is 1. The SMILES string of the molecule is Brc1ccccc1Oc1ncncc1Br. The lowest BCUT2D eigenvalue weighted by Gasteiger charge is -2.06. The van der Waals surface area contributed by atoms with E-state index in [0.29, 0.717) is 5.88 Å². The highest BCUT2D eigenvalue weighted by atomic mass is 79.9. The molecule has 0 unspecified atom stereocenters. The topological polar surface area (TPSA) is 35.0 Å². The fourth-order valence-corrected chi connectivity index (χ4v) is 1.68. The monoisotopic (exact) mass is 328 g/mol. The van der Waals surface area contributed by atoms with E-state index in [9.17, 15) is 0 Å². The van der Waals surface area contributed by atoms with Crippen LogP contribution < -0.4 is 4.74 Å². The van der Waals surface area contributed by atoms with Crippen LogP contribution in [0, 0.1) is 0 Å². The predicted molar refractivity (Wildman–Crippen MR) is 63.9 cm³/mol. The van der Waals surface area contributed by atoms with Gasteiger partial charge in [0.1, 0.15) is 12.1 Å². The van der Waals surface area contributed by atoms with E-state index < -0.39 is 0 Å². The summed E-state index contributed by atoms with van der Waals surface area (Å²) in [6.07, 6.45) is 3.08. The number of aromatic nitrogens is 2. The maximum absolute atomic E-state index is 5.60.